The molecule has 0 aromatic carbocycles. The summed E-state index contributed by atoms with van der Waals surface area (Å²) in [6.07, 6.45) is 2.56. The lowest BCUT2D eigenvalue weighted by atomic mass is 10.3. The smallest absolute Gasteiger partial charge is 0.148 e. The highest BCUT2D eigenvalue weighted by Crippen LogP contribution is 2.05. The third-order valence-corrected chi connectivity index (χ3v) is 2.71. The van der Waals surface area contributed by atoms with Gasteiger partial charge in [-0.15, -0.1) is 0 Å². The van der Waals surface area contributed by atoms with Crippen LogP contribution in [0, 0.1) is 0 Å². The molecule has 2 N–H and O–H groups in total. The van der Waals surface area contributed by atoms with Gasteiger partial charge in [-0.25, -0.2) is 8.42 Å². The van der Waals surface area contributed by atoms with Crippen molar-refractivity contribution >= 4 is 9.84 Å². The third-order valence-electron chi connectivity index (χ3n) is 1.76. The van der Waals surface area contributed by atoms with Gasteiger partial charge < -0.3 is 10.4 Å². The van der Waals surface area contributed by atoms with Gasteiger partial charge in [-0.05, 0) is 12.1 Å². The van der Waals surface area contributed by atoms with Crippen LogP contribution >= 0.6 is 0 Å². The highest BCUT2D eigenvalue weighted by atomic mass is 32.2. The molecule has 1 aromatic rings. The van der Waals surface area contributed by atoms with Crippen molar-refractivity contribution in [3.8, 4) is 5.75 Å². The fourth-order valence-electron chi connectivity index (χ4n) is 0.995. The van der Waals surface area contributed by atoms with Crippen LogP contribution in [0.3, 0.4) is 0 Å². The van der Waals surface area contributed by atoms with Crippen molar-refractivity contribution in [2.45, 2.75) is 6.54 Å². The Morgan fingerprint density at radius 3 is 2.73 bits per heavy atom. The minimum Gasteiger partial charge on any atom is -0.506 e. The lowest BCUT2D eigenvalue weighted by molar-refractivity contribution is 0.472. The monoisotopic (exact) mass is 230 g/mol. The number of hydrogen-bond acceptors (Lipinski definition) is 5. The zero-order chi connectivity index (χ0) is 11.3. The summed E-state index contributed by atoms with van der Waals surface area (Å²) in [5.41, 5.74) is 0.765. The Balaban J connectivity index is 2.29. The molecule has 0 aliphatic rings. The molecule has 0 amide bonds. The Hall–Kier alpha value is -1.14. The molecule has 15 heavy (non-hydrogen) atoms. The van der Waals surface area contributed by atoms with Crippen molar-refractivity contribution < 1.29 is 13.5 Å². The second-order valence-corrected chi connectivity index (χ2v) is 5.57. The van der Waals surface area contributed by atoms with Gasteiger partial charge in [-0.3, -0.25) is 4.98 Å². The number of aromatic hydroxyl groups is 1. The van der Waals surface area contributed by atoms with Gasteiger partial charge in [0, 0.05) is 19.3 Å². The van der Waals surface area contributed by atoms with Crippen LogP contribution in [-0.2, 0) is 16.4 Å². The van der Waals surface area contributed by atoms with Gasteiger partial charge in [0.15, 0.2) is 0 Å². The average Bonchev–Trinajstić information content (AvgIpc) is 2.14. The second-order valence-electron chi connectivity index (χ2n) is 3.31. The molecular weight excluding hydrogens is 216 g/mol. The highest BCUT2D eigenvalue weighted by molar-refractivity contribution is 7.90. The molecule has 84 valence electrons. The summed E-state index contributed by atoms with van der Waals surface area (Å²) < 4.78 is 21.6. The normalized spacial score (nSPS) is 11.5. The van der Waals surface area contributed by atoms with E-state index in [9.17, 15) is 8.42 Å². The van der Waals surface area contributed by atoms with E-state index in [0.717, 1.165) is 5.69 Å². The van der Waals surface area contributed by atoms with Crippen molar-refractivity contribution in [3.63, 3.8) is 0 Å². The first kappa shape index (κ1) is 11.9. The summed E-state index contributed by atoms with van der Waals surface area (Å²) in [5.74, 6) is 0.236. The Kier molecular flexibility index (Phi) is 4.05. The quantitative estimate of drug-likeness (QED) is 0.692. The summed E-state index contributed by atoms with van der Waals surface area (Å²) in [5, 5.41) is 11.9. The molecule has 0 fully saturated rings. The van der Waals surface area contributed by atoms with E-state index in [1.54, 1.807) is 12.1 Å². The fourth-order valence-corrected chi connectivity index (χ4v) is 1.51. The molecule has 6 heteroatoms. The highest BCUT2D eigenvalue weighted by Gasteiger charge is 2.01. The number of pyridine rings is 1. The van der Waals surface area contributed by atoms with E-state index >= 15 is 0 Å². The van der Waals surface area contributed by atoms with Crippen LogP contribution in [-0.4, -0.2) is 37.1 Å². The van der Waals surface area contributed by atoms with Crippen LogP contribution in [0.5, 0.6) is 5.75 Å². The van der Waals surface area contributed by atoms with Gasteiger partial charge in [0.25, 0.3) is 0 Å². The molecule has 0 saturated heterocycles. The van der Waals surface area contributed by atoms with E-state index in [0.29, 0.717) is 13.1 Å². The van der Waals surface area contributed by atoms with E-state index in [4.69, 9.17) is 5.11 Å². The van der Waals surface area contributed by atoms with Gasteiger partial charge in [0.2, 0.25) is 0 Å². The molecule has 0 saturated carbocycles. The number of aromatic nitrogens is 1. The standard InChI is InChI=1S/C9H14N2O3S/c1-15(13,14)5-4-10-6-8-2-3-9(12)7-11-8/h2-3,7,10,12H,4-6H2,1H3. The molecule has 0 bridgehead atoms. The van der Waals surface area contributed by atoms with Gasteiger partial charge in [-0.2, -0.15) is 0 Å². The van der Waals surface area contributed by atoms with Crippen molar-refractivity contribution in [2.75, 3.05) is 18.6 Å². The summed E-state index contributed by atoms with van der Waals surface area (Å²) in [6, 6.07) is 3.23. The number of sulfone groups is 1. The van der Waals surface area contributed by atoms with Crippen LogP contribution in [0.25, 0.3) is 0 Å². The first-order chi connectivity index (χ1) is 6.97. The maximum absolute atomic E-state index is 10.8. The minimum absolute atomic E-state index is 0.116. The summed E-state index contributed by atoms with van der Waals surface area (Å²) in [6.45, 7) is 0.900. The molecule has 0 unspecified atom stereocenters. The SMILES string of the molecule is CS(=O)(=O)CCNCc1ccc(O)cn1. The molecule has 0 aliphatic heterocycles. The van der Waals surface area contributed by atoms with Crippen LogP contribution in [0.4, 0.5) is 0 Å². The predicted octanol–water partition coefficient (Wildman–Crippen LogP) is -0.0786. The number of nitrogens with zero attached hydrogens (tertiary/aromatic N) is 1. The number of nitrogens with one attached hydrogen (secondary N) is 1. The molecule has 0 aliphatic carbocycles. The molecular formula is C9H14N2O3S. The summed E-state index contributed by atoms with van der Waals surface area (Å²) in [7, 11) is -2.91. The molecule has 0 atom stereocenters. The number of hydrogen-bond donors (Lipinski definition) is 2. The van der Waals surface area contributed by atoms with Gasteiger partial charge >= 0.3 is 0 Å². The lowest BCUT2D eigenvalue weighted by Gasteiger charge is -2.03. The molecule has 1 aromatic heterocycles. The Bertz CT molecular complexity index is 400. The zero-order valence-corrected chi connectivity index (χ0v) is 9.29. The lowest BCUT2D eigenvalue weighted by Crippen LogP contribution is -2.22. The van der Waals surface area contributed by atoms with Crippen molar-refractivity contribution in [3.05, 3.63) is 24.0 Å². The van der Waals surface area contributed by atoms with E-state index in [-0.39, 0.29) is 11.5 Å². The van der Waals surface area contributed by atoms with Crippen LogP contribution in [0.15, 0.2) is 18.3 Å². The van der Waals surface area contributed by atoms with E-state index in [1.807, 2.05) is 0 Å². The van der Waals surface area contributed by atoms with Crippen LogP contribution < -0.4 is 5.32 Å². The summed E-state index contributed by atoms with van der Waals surface area (Å²) in [4.78, 5) is 3.95. The molecule has 0 spiro atoms. The second kappa shape index (κ2) is 5.09. The minimum atomic E-state index is -2.91. The fraction of sp³-hybridized carbons (Fsp3) is 0.444. The maximum atomic E-state index is 10.8. The largest absolute Gasteiger partial charge is 0.506 e. The maximum Gasteiger partial charge on any atom is 0.148 e. The first-order valence-electron chi connectivity index (χ1n) is 4.50. The third kappa shape index (κ3) is 5.34. The molecule has 1 heterocycles. The number of rotatable bonds is 5. The molecule has 5 nitrogen and oxygen atoms in total. The van der Waals surface area contributed by atoms with E-state index in [1.165, 1.54) is 12.5 Å². The van der Waals surface area contributed by atoms with E-state index in [2.05, 4.69) is 10.3 Å². The predicted molar refractivity (Wildman–Crippen MR) is 57.3 cm³/mol. The van der Waals surface area contributed by atoms with Crippen LogP contribution in [0.2, 0.25) is 0 Å². The topological polar surface area (TPSA) is 79.3 Å². The zero-order valence-electron chi connectivity index (χ0n) is 8.47. The van der Waals surface area contributed by atoms with Crippen molar-refractivity contribution in [2.24, 2.45) is 0 Å². The van der Waals surface area contributed by atoms with Gasteiger partial charge in [-0.1, -0.05) is 0 Å². The average molecular weight is 230 g/mol. The summed E-state index contributed by atoms with van der Waals surface area (Å²) >= 11 is 0. The Morgan fingerprint density at radius 2 is 2.20 bits per heavy atom. The van der Waals surface area contributed by atoms with Crippen molar-refractivity contribution in [1.82, 2.24) is 10.3 Å². The first-order valence-corrected chi connectivity index (χ1v) is 6.56. The van der Waals surface area contributed by atoms with Crippen molar-refractivity contribution in [1.29, 1.82) is 0 Å². The Morgan fingerprint density at radius 1 is 1.47 bits per heavy atom. The van der Waals surface area contributed by atoms with Crippen LogP contribution in [0.1, 0.15) is 5.69 Å². The molecule has 1 rings (SSSR count). The molecule has 0 radical (unpaired) electrons. The van der Waals surface area contributed by atoms with Gasteiger partial charge in [0.1, 0.15) is 15.6 Å². The van der Waals surface area contributed by atoms with E-state index < -0.39 is 9.84 Å². The Labute approximate surface area is 89.1 Å². The van der Waals surface area contributed by atoms with Gasteiger partial charge in [0.05, 0.1) is 17.6 Å².